The van der Waals surface area contributed by atoms with Crippen LogP contribution in [0, 0.1) is 0 Å². The minimum atomic E-state index is -0.0953. The van der Waals surface area contributed by atoms with Crippen molar-refractivity contribution in [2.45, 2.75) is 57.8 Å². The molecule has 0 atom stereocenters. The predicted octanol–water partition coefficient (Wildman–Crippen LogP) is 17.1. The molecule has 63 heavy (non-hydrogen) atoms. The first-order valence-electron chi connectivity index (χ1n) is 22.7. The van der Waals surface area contributed by atoms with E-state index in [4.69, 9.17) is 0 Å². The van der Waals surface area contributed by atoms with E-state index in [1.165, 1.54) is 132 Å². The quantitative estimate of drug-likeness (QED) is 0.156. The Balaban J connectivity index is 1.06. The van der Waals surface area contributed by atoms with Crippen molar-refractivity contribution in [1.82, 2.24) is 0 Å². The first-order chi connectivity index (χ1) is 30.5. The molecule has 0 fully saturated rings. The van der Waals surface area contributed by atoms with E-state index in [0.717, 1.165) is 0 Å². The van der Waals surface area contributed by atoms with Crippen LogP contribution in [0.4, 0.5) is 0 Å². The van der Waals surface area contributed by atoms with Gasteiger partial charge in [-0.05, 0) is 169 Å². The van der Waals surface area contributed by atoms with Crippen LogP contribution in [0.15, 0.2) is 182 Å². The lowest BCUT2D eigenvalue weighted by atomic mass is 9.80. The van der Waals surface area contributed by atoms with Gasteiger partial charge in [0.15, 0.2) is 0 Å². The van der Waals surface area contributed by atoms with E-state index in [1.807, 2.05) is 0 Å². The summed E-state index contributed by atoms with van der Waals surface area (Å²) in [4.78, 5) is 0. The van der Waals surface area contributed by atoms with E-state index >= 15 is 0 Å². The van der Waals surface area contributed by atoms with Crippen molar-refractivity contribution in [3.05, 3.63) is 215 Å². The Hall–Kier alpha value is -7.02. The Kier molecular flexibility index (Phi) is 7.29. The minimum absolute atomic E-state index is 0.0675. The van der Waals surface area contributed by atoms with Gasteiger partial charge in [0, 0.05) is 16.2 Å². The fraction of sp³-hybridized carbons (Fsp3) is 0.143. The van der Waals surface area contributed by atoms with E-state index in [0.29, 0.717) is 0 Å². The molecule has 0 saturated heterocycles. The topological polar surface area (TPSA) is 0 Å². The van der Waals surface area contributed by atoms with Gasteiger partial charge in [0.2, 0.25) is 0 Å². The summed E-state index contributed by atoms with van der Waals surface area (Å²) in [6.07, 6.45) is 0. The Morgan fingerprint density at radius 2 is 0.540 bits per heavy atom. The lowest BCUT2D eigenvalue weighted by molar-refractivity contribution is 0.660. The Morgan fingerprint density at radius 1 is 0.206 bits per heavy atom. The van der Waals surface area contributed by atoms with Gasteiger partial charge in [0.1, 0.15) is 0 Å². The fourth-order valence-electron chi connectivity index (χ4n) is 12.3. The summed E-state index contributed by atoms with van der Waals surface area (Å²) in [5.41, 5.74) is 23.9. The number of fused-ring (bicyclic) bond motifs is 14. The molecule has 0 unspecified atom stereocenters. The summed E-state index contributed by atoms with van der Waals surface area (Å²) in [6.45, 7) is 14.3. The Morgan fingerprint density at radius 3 is 1.03 bits per heavy atom. The van der Waals surface area contributed by atoms with Crippen LogP contribution in [0.5, 0.6) is 0 Å². The smallest absolute Gasteiger partial charge is 0.0159 e. The first kappa shape index (κ1) is 36.6. The van der Waals surface area contributed by atoms with Crippen LogP contribution in [0.3, 0.4) is 0 Å². The average molecular weight is 805 g/mol. The minimum Gasteiger partial charge on any atom is -0.0619 e. The van der Waals surface area contributed by atoms with Gasteiger partial charge in [0.25, 0.3) is 0 Å². The van der Waals surface area contributed by atoms with Crippen molar-refractivity contribution in [3.63, 3.8) is 0 Å². The van der Waals surface area contributed by atoms with E-state index in [2.05, 4.69) is 224 Å². The van der Waals surface area contributed by atoms with Crippen molar-refractivity contribution in [2.75, 3.05) is 0 Å². The molecule has 300 valence electrons. The van der Waals surface area contributed by atoms with E-state index < -0.39 is 0 Å². The van der Waals surface area contributed by atoms with Crippen LogP contribution in [0.1, 0.15) is 74.9 Å². The highest BCUT2D eigenvalue weighted by atomic mass is 14.4. The zero-order valence-corrected chi connectivity index (χ0v) is 36.8. The lowest BCUT2D eigenvalue weighted by Gasteiger charge is -2.23. The van der Waals surface area contributed by atoms with Crippen molar-refractivity contribution in [1.29, 1.82) is 0 Å². The molecule has 0 spiro atoms. The summed E-state index contributed by atoms with van der Waals surface area (Å²) in [5.74, 6) is 0. The molecular weight excluding hydrogens is 757 g/mol. The molecule has 0 N–H and O–H groups in total. The maximum atomic E-state index is 2.51. The van der Waals surface area contributed by atoms with Gasteiger partial charge in [-0.1, -0.05) is 187 Å². The van der Waals surface area contributed by atoms with Crippen LogP contribution in [0.25, 0.3) is 99.1 Å². The maximum absolute atomic E-state index is 2.51. The molecule has 3 aliphatic rings. The maximum Gasteiger partial charge on any atom is 0.0159 e. The summed E-state index contributed by atoms with van der Waals surface area (Å²) >= 11 is 0. The molecule has 10 aromatic rings. The molecule has 0 radical (unpaired) electrons. The highest BCUT2D eigenvalue weighted by Crippen LogP contribution is 2.54. The molecule has 0 amide bonds. The molecule has 0 heteroatoms. The molecule has 0 aromatic heterocycles. The van der Waals surface area contributed by atoms with Gasteiger partial charge in [-0.15, -0.1) is 0 Å². The van der Waals surface area contributed by atoms with E-state index in [-0.39, 0.29) is 16.2 Å². The van der Waals surface area contributed by atoms with Crippen molar-refractivity contribution in [2.24, 2.45) is 0 Å². The van der Waals surface area contributed by atoms with Gasteiger partial charge in [-0.3, -0.25) is 0 Å². The van der Waals surface area contributed by atoms with Gasteiger partial charge in [0.05, 0.1) is 0 Å². The molecule has 13 rings (SSSR count). The second-order valence-electron chi connectivity index (χ2n) is 20.0. The van der Waals surface area contributed by atoms with Crippen LogP contribution in [-0.4, -0.2) is 0 Å². The predicted molar refractivity (Wildman–Crippen MR) is 268 cm³/mol. The second kappa shape index (κ2) is 12.6. The number of rotatable bonds is 3. The lowest BCUT2D eigenvalue weighted by Crippen LogP contribution is -2.14. The third-order valence-corrected chi connectivity index (χ3v) is 15.7. The fourth-order valence-corrected chi connectivity index (χ4v) is 12.3. The monoisotopic (exact) mass is 804 g/mol. The van der Waals surface area contributed by atoms with E-state index in [1.54, 1.807) is 0 Å². The molecule has 0 aliphatic heterocycles. The number of benzene rings is 10. The summed E-state index contributed by atoms with van der Waals surface area (Å²) < 4.78 is 0. The second-order valence-corrected chi connectivity index (χ2v) is 20.0. The third-order valence-electron chi connectivity index (χ3n) is 15.7. The number of hydrogen-bond donors (Lipinski definition) is 0. The average Bonchev–Trinajstić information content (AvgIpc) is 3.80. The zero-order valence-electron chi connectivity index (χ0n) is 36.8. The molecule has 0 bridgehead atoms. The van der Waals surface area contributed by atoms with Crippen molar-refractivity contribution < 1.29 is 0 Å². The largest absolute Gasteiger partial charge is 0.0619 e. The van der Waals surface area contributed by atoms with E-state index in [9.17, 15) is 0 Å². The standard InChI is InChI=1S/C63H48/c1-61(2)55-20-12-9-17-44(55)47-28-24-38(32-58(47)61)37-23-27-43-52(31-37)51(40-26-30-49-46-19-11-14-22-57(46)63(5,6)60(49)34-40)36-53-42-16-8-7-15-41(42)50(35-54(43)53)39-25-29-48-45-18-10-13-21-56(45)62(3,4)59(48)33-39/h7-36H,1-6H3. The van der Waals surface area contributed by atoms with Crippen LogP contribution >= 0.6 is 0 Å². The Labute approximate surface area is 370 Å². The highest BCUT2D eigenvalue weighted by Gasteiger charge is 2.38. The summed E-state index contributed by atoms with van der Waals surface area (Å²) in [6, 6.07) is 69.8. The van der Waals surface area contributed by atoms with Gasteiger partial charge < -0.3 is 0 Å². The summed E-state index contributed by atoms with van der Waals surface area (Å²) in [7, 11) is 0. The summed E-state index contributed by atoms with van der Waals surface area (Å²) in [5, 5.41) is 7.71. The van der Waals surface area contributed by atoms with Crippen LogP contribution in [0.2, 0.25) is 0 Å². The van der Waals surface area contributed by atoms with Crippen LogP contribution < -0.4 is 0 Å². The molecular formula is C63H48. The third kappa shape index (κ3) is 4.93. The molecule has 0 saturated carbocycles. The van der Waals surface area contributed by atoms with Gasteiger partial charge in [-0.25, -0.2) is 0 Å². The van der Waals surface area contributed by atoms with Gasteiger partial charge in [-0.2, -0.15) is 0 Å². The highest BCUT2D eigenvalue weighted by molar-refractivity contribution is 6.24. The molecule has 0 heterocycles. The molecule has 10 aromatic carbocycles. The molecule has 3 aliphatic carbocycles. The number of hydrogen-bond acceptors (Lipinski definition) is 0. The molecule has 0 nitrogen and oxygen atoms in total. The normalized spacial score (nSPS) is 15.5. The van der Waals surface area contributed by atoms with Crippen molar-refractivity contribution >= 4 is 32.3 Å². The van der Waals surface area contributed by atoms with Crippen molar-refractivity contribution in [3.8, 4) is 66.8 Å². The Bertz CT molecular complexity index is 3640. The first-order valence-corrected chi connectivity index (χ1v) is 22.7. The SMILES string of the molecule is CC1(C)c2ccccc2-c2ccc(-c3ccc4c(c3)c(-c3ccc5c(c3)C(C)(C)c3ccccc3-5)cc3c5ccccc5c(-c5ccc6c(c5)C(C)(C)c5ccccc5-6)cc43)cc21. The van der Waals surface area contributed by atoms with Gasteiger partial charge >= 0.3 is 0 Å². The van der Waals surface area contributed by atoms with Crippen LogP contribution in [-0.2, 0) is 16.2 Å². The zero-order chi connectivity index (χ0) is 42.6.